The molecule has 2 aromatic rings. The molecule has 2 rings (SSSR count). The van der Waals surface area contributed by atoms with Crippen LogP contribution >= 0.6 is 24.0 Å². The molecule has 0 fully saturated rings. The molecule has 1 unspecified atom stereocenters. The first-order valence-corrected chi connectivity index (χ1v) is 8.54. The summed E-state index contributed by atoms with van der Waals surface area (Å²) in [6.07, 6.45) is -0.157. The van der Waals surface area contributed by atoms with Crippen molar-refractivity contribution in [1.82, 2.24) is 10.6 Å². The number of guanidine groups is 1. The highest BCUT2D eigenvalue weighted by atomic mass is 127. The summed E-state index contributed by atoms with van der Waals surface area (Å²) in [5.74, 6) is 0.852. The molecule has 0 aromatic heterocycles. The fourth-order valence-corrected chi connectivity index (χ4v) is 2.25. The van der Waals surface area contributed by atoms with E-state index in [1.54, 1.807) is 24.3 Å². The SMILES string of the molecule is CCNC(=NCc1ccc(C#N)cc1)NCC(C)Oc1cccc(F)c1.I. The molecular weight excluding hydrogens is 458 g/mol. The van der Waals surface area contributed by atoms with Gasteiger partial charge < -0.3 is 15.4 Å². The van der Waals surface area contributed by atoms with Crippen molar-refractivity contribution >= 4 is 29.9 Å². The summed E-state index contributed by atoms with van der Waals surface area (Å²) in [5.41, 5.74) is 1.65. The lowest BCUT2D eigenvalue weighted by atomic mass is 10.1. The fraction of sp³-hybridized carbons (Fsp3) is 0.300. The predicted molar refractivity (Wildman–Crippen MR) is 116 cm³/mol. The van der Waals surface area contributed by atoms with Crippen LogP contribution in [0, 0.1) is 17.1 Å². The Kier molecular flexibility index (Phi) is 10.2. The number of benzene rings is 2. The summed E-state index contributed by atoms with van der Waals surface area (Å²) >= 11 is 0. The number of nitrogens with zero attached hydrogens (tertiary/aromatic N) is 2. The molecule has 0 heterocycles. The summed E-state index contributed by atoms with van der Waals surface area (Å²) in [4.78, 5) is 4.53. The van der Waals surface area contributed by atoms with E-state index < -0.39 is 0 Å². The highest BCUT2D eigenvalue weighted by molar-refractivity contribution is 14.0. The van der Waals surface area contributed by atoms with Gasteiger partial charge in [0.25, 0.3) is 0 Å². The summed E-state index contributed by atoms with van der Waals surface area (Å²) in [6, 6.07) is 15.5. The van der Waals surface area contributed by atoms with Gasteiger partial charge in [0.15, 0.2) is 5.96 Å². The van der Waals surface area contributed by atoms with E-state index in [4.69, 9.17) is 10.00 Å². The van der Waals surface area contributed by atoms with Crippen molar-refractivity contribution in [3.8, 4) is 11.8 Å². The predicted octanol–water partition coefficient (Wildman–Crippen LogP) is 3.84. The molecule has 0 saturated heterocycles. The quantitative estimate of drug-likeness (QED) is 0.358. The molecule has 7 heteroatoms. The number of hydrogen-bond donors (Lipinski definition) is 2. The van der Waals surface area contributed by atoms with E-state index in [2.05, 4.69) is 21.7 Å². The molecule has 144 valence electrons. The lowest BCUT2D eigenvalue weighted by Gasteiger charge is -2.17. The molecule has 0 radical (unpaired) electrons. The maximum Gasteiger partial charge on any atom is 0.191 e. The molecule has 0 bridgehead atoms. The molecule has 0 aliphatic heterocycles. The molecule has 27 heavy (non-hydrogen) atoms. The third-order valence-electron chi connectivity index (χ3n) is 3.54. The zero-order valence-electron chi connectivity index (χ0n) is 15.4. The number of ether oxygens (including phenoxy) is 1. The number of rotatable bonds is 7. The second-order valence-electron chi connectivity index (χ2n) is 5.77. The molecular formula is C20H24FIN4O. The summed E-state index contributed by atoms with van der Waals surface area (Å²) in [7, 11) is 0. The van der Waals surface area contributed by atoms with Gasteiger partial charge in [-0.1, -0.05) is 18.2 Å². The van der Waals surface area contributed by atoms with Crippen molar-refractivity contribution in [2.24, 2.45) is 4.99 Å². The second-order valence-corrected chi connectivity index (χ2v) is 5.77. The van der Waals surface area contributed by atoms with Gasteiger partial charge in [0.1, 0.15) is 17.7 Å². The van der Waals surface area contributed by atoms with E-state index in [0.717, 1.165) is 12.1 Å². The molecule has 2 N–H and O–H groups in total. The molecule has 0 amide bonds. The minimum atomic E-state index is -0.319. The van der Waals surface area contributed by atoms with Crippen LogP contribution in [-0.2, 0) is 6.54 Å². The Morgan fingerprint density at radius 2 is 1.96 bits per heavy atom. The summed E-state index contributed by atoms with van der Waals surface area (Å²) in [6.45, 7) is 5.65. The third kappa shape index (κ3) is 8.26. The zero-order chi connectivity index (χ0) is 18.8. The average molecular weight is 482 g/mol. The first-order valence-electron chi connectivity index (χ1n) is 8.54. The van der Waals surface area contributed by atoms with Crippen molar-refractivity contribution in [3.63, 3.8) is 0 Å². The van der Waals surface area contributed by atoms with Crippen LogP contribution in [0.15, 0.2) is 53.5 Å². The molecule has 0 spiro atoms. The van der Waals surface area contributed by atoms with Gasteiger partial charge in [-0.2, -0.15) is 5.26 Å². The largest absolute Gasteiger partial charge is 0.489 e. The molecule has 0 aliphatic rings. The van der Waals surface area contributed by atoms with E-state index in [-0.39, 0.29) is 35.9 Å². The molecule has 0 aliphatic carbocycles. The van der Waals surface area contributed by atoms with Gasteiger partial charge in [0, 0.05) is 12.6 Å². The van der Waals surface area contributed by atoms with Crippen LogP contribution < -0.4 is 15.4 Å². The minimum Gasteiger partial charge on any atom is -0.489 e. The van der Waals surface area contributed by atoms with E-state index >= 15 is 0 Å². The van der Waals surface area contributed by atoms with E-state index in [1.165, 1.54) is 12.1 Å². The molecule has 5 nitrogen and oxygen atoms in total. The number of aliphatic imine (C=N–C) groups is 1. The first kappa shape index (κ1) is 22.7. The standard InChI is InChI=1S/C20H23FN4O.HI/c1-3-23-20(25-14-17-9-7-16(12-22)8-10-17)24-13-15(2)26-19-6-4-5-18(21)11-19;/h4-11,15H,3,13-14H2,1-2H3,(H2,23,24,25);1H. The molecule has 1 atom stereocenters. The Balaban J connectivity index is 0.00000364. The number of hydrogen-bond acceptors (Lipinski definition) is 3. The van der Waals surface area contributed by atoms with Crippen LogP contribution in [0.4, 0.5) is 4.39 Å². The van der Waals surface area contributed by atoms with Crippen molar-refractivity contribution in [2.75, 3.05) is 13.1 Å². The van der Waals surface area contributed by atoms with Gasteiger partial charge in [0.05, 0.1) is 24.7 Å². The second kappa shape index (κ2) is 12.1. The van der Waals surface area contributed by atoms with E-state index in [1.807, 2.05) is 26.0 Å². The van der Waals surface area contributed by atoms with Crippen LogP contribution in [0.25, 0.3) is 0 Å². The topological polar surface area (TPSA) is 69.4 Å². The van der Waals surface area contributed by atoms with Crippen LogP contribution in [-0.4, -0.2) is 25.2 Å². The van der Waals surface area contributed by atoms with Crippen molar-refractivity contribution in [2.45, 2.75) is 26.5 Å². The lowest BCUT2D eigenvalue weighted by Crippen LogP contribution is -2.41. The van der Waals surface area contributed by atoms with Crippen molar-refractivity contribution in [3.05, 3.63) is 65.5 Å². The van der Waals surface area contributed by atoms with Crippen LogP contribution in [0.1, 0.15) is 25.0 Å². The maximum absolute atomic E-state index is 13.2. The zero-order valence-corrected chi connectivity index (χ0v) is 17.7. The summed E-state index contributed by atoms with van der Waals surface area (Å²) < 4.78 is 18.9. The van der Waals surface area contributed by atoms with Gasteiger partial charge in [-0.15, -0.1) is 24.0 Å². The van der Waals surface area contributed by atoms with Crippen molar-refractivity contribution < 1.29 is 9.13 Å². The molecule has 0 saturated carbocycles. The summed E-state index contributed by atoms with van der Waals surface area (Å²) in [5, 5.41) is 15.2. The number of nitrogens with one attached hydrogen (secondary N) is 2. The van der Waals surface area contributed by atoms with Crippen LogP contribution in [0.3, 0.4) is 0 Å². The van der Waals surface area contributed by atoms with E-state index in [0.29, 0.717) is 30.4 Å². The number of nitriles is 1. The number of halogens is 2. The highest BCUT2D eigenvalue weighted by Crippen LogP contribution is 2.13. The minimum absolute atomic E-state index is 0. The fourth-order valence-electron chi connectivity index (χ4n) is 2.25. The lowest BCUT2D eigenvalue weighted by molar-refractivity contribution is 0.223. The smallest absolute Gasteiger partial charge is 0.191 e. The van der Waals surface area contributed by atoms with Gasteiger partial charge in [-0.25, -0.2) is 9.38 Å². The van der Waals surface area contributed by atoms with Crippen LogP contribution in [0.2, 0.25) is 0 Å². The Morgan fingerprint density at radius 3 is 2.59 bits per heavy atom. The highest BCUT2D eigenvalue weighted by Gasteiger charge is 2.06. The van der Waals surface area contributed by atoms with E-state index in [9.17, 15) is 4.39 Å². The molecule has 2 aromatic carbocycles. The maximum atomic E-state index is 13.2. The normalized spacial score (nSPS) is 11.7. The van der Waals surface area contributed by atoms with Gasteiger partial charge in [-0.05, 0) is 43.7 Å². The van der Waals surface area contributed by atoms with Crippen LogP contribution in [0.5, 0.6) is 5.75 Å². The van der Waals surface area contributed by atoms with Gasteiger partial charge >= 0.3 is 0 Å². The Morgan fingerprint density at radius 1 is 1.22 bits per heavy atom. The van der Waals surface area contributed by atoms with Gasteiger partial charge in [0.2, 0.25) is 0 Å². The average Bonchev–Trinajstić information content (AvgIpc) is 2.64. The van der Waals surface area contributed by atoms with Crippen molar-refractivity contribution in [1.29, 1.82) is 5.26 Å². The Labute approximate surface area is 176 Å². The first-order chi connectivity index (χ1) is 12.6. The Bertz CT molecular complexity index is 774. The Hall–Kier alpha value is -2.34. The van der Waals surface area contributed by atoms with Gasteiger partial charge in [-0.3, -0.25) is 0 Å². The monoisotopic (exact) mass is 482 g/mol. The third-order valence-corrected chi connectivity index (χ3v) is 3.54.